The molecule has 0 aliphatic carbocycles. The molecule has 5 rings (SSSR count). The first kappa shape index (κ1) is 27.2. The van der Waals surface area contributed by atoms with Crippen LogP contribution in [0.5, 0.6) is 0 Å². The van der Waals surface area contributed by atoms with Crippen LogP contribution in [-0.4, -0.2) is 52.4 Å². The lowest BCUT2D eigenvalue weighted by atomic mass is 9.86. The molecule has 2 fully saturated rings. The first-order valence-corrected chi connectivity index (χ1v) is 13.8. The zero-order valence-electron chi connectivity index (χ0n) is 22.9. The summed E-state index contributed by atoms with van der Waals surface area (Å²) < 4.78 is 5.46. The van der Waals surface area contributed by atoms with Crippen molar-refractivity contribution in [1.29, 1.82) is 0 Å². The van der Waals surface area contributed by atoms with Crippen LogP contribution in [0.3, 0.4) is 0 Å². The minimum Gasteiger partial charge on any atom is -0.447 e. The topological polar surface area (TPSA) is 79.0 Å². The maximum atomic E-state index is 14.0. The third-order valence-electron chi connectivity index (χ3n) is 7.48. The molecule has 0 aromatic heterocycles. The Balaban J connectivity index is 1.45. The van der Waals surface area contributed by atoms with Crippen LogP contribution < -0.4 is 5.32 Å². The van der Waals surface area contributed by atoms with Crippen molar-refractivity contribution in [2.75, 3.05) is 6.61 Å². The Labute approximate surface area is 235 Å². The lowest BCUT2D eigenvalue weighted by molar-refractivity contribution is -0.163. The van der Waals surface area contributed by atoms with Crippen LogP contribution in [0.25, 0.3) is 6.08 Å². The molecular formula is C33H35N3O4. The van der Waals surface area contributed by atoms with E-state index >= 15 is 0 Å². The Bertz CT molecular complexity index is 1340. The number of carbonyl (C=O) groups is 3. The van der Waals surface area contributed by atoms with Crippen molar-refractivity contribution in [1.82, 2.24) is 15.1 Å². The maximum absolute atomic E-state index is 14.0. The van der Waals surface area contributed by atoms with Gasteiger partial charge in [-0.15, -0.1) is 0 Å². The Morgan fingerprint density at radius 2 is 1.57 bits per heavy atom. The van der Waals surface area contributed by atoms with Crippen molar-refractivity contribution in [3.05, 3.63) is 114 Å². The number of amides is 3. The number of benzene rings is 3. The number of nitrogens with one attached hydrogen (secondary N) is 1. The van der Waals surface area contributed by atoms with Crippen molar-refractivity contribution in [3.8, 4) is 0 Å². The molecule has 2 saturated heterocycles. The highest BCUT2D eigenvalue weighted by molar-refractivity contribution is 5.98. The summed E-state index contributed by atoms with van der Waals surface area (Å²) in [5, 5.41) is 3.03. The molecule has 3 aromatic rings. The summed E-state index contributed by atoms with van der Waals surface area (Å²) in [5.74, 6) is -0.277. The number of hydrogen-bond acceptors (Lipinski definition) is 4. The lowest BCUT2D eigenvalue weighted by Gasteiger charge is -2.52. The second-order valence-corrected chi connectivity index (χ2v) is 10.7. The molecule has 0 unspecified atom stereocenters. The van der Waals surface area contributed by atoms with Gasteiger partial charge in [0.1, 0.15) is 18.7 Å². The van der Waals surface area contributed by atoms with Crippen LogP contribution in [0, 0.1) is 5.92 Å². The van der Waals surface area contributed by atoms with Gasteiger partial charge in [0.2, 0.25) is 11.8 Å². The molecule has 7 heteroatoms. The fourth-order valence-corrected chi connectivity index (χ4v) is 5.50. The monoisotopic (exact) mass is 537 g/mol. The van der Waals surface area contributed by atoms with Gasteiger partial charge in [0, 0.05) is 6.54 Å². The van der Waals surface area contributed by atoms with Crippen molar-refractivity contribution < 1.29 is 19.1 Å². The molecule has 7 nitrogen and oxygen atoms in total. The van der Waals surface area contributed by atoms with Crippen LogP contribution in [-0.2, 0) is 20.9 Å². The normalized spacial score (nSPS) is 21.4. The molecule has 3 aromatic carbocycles. The van der Waals surface area contributed by atoms with Gasteiger partial charge < -0.3 is 15.0 Å². The lowest BCUT2D eigenvalue weighted by Crippen LogP contribution is -2.74. The van der Waals surface area contributed by atoms with Gasteiger partial charge in [0.25, 0.3) is 0 Å². The number of carbonyl (C=O) groups excluding carboxylic acids is 3. The fraction of sp³-hybridized carbons (Fsp3) is 0.303. The van der Waals surface area contributed by atoms with Crippen LogP contribution in [0.2, 0.25) is 0 Å². The van der Waals surface area contributed by atoms with E-state index in [1.807, 2.05) is 117 Å². The van der Waals surface area contributed by atoms with Crippen LogP contribution in [0.1, 0.15) is 43.0 Å². The number of ether oxygens (including phenoxy) is 1. The molecule has 3 amide bonds. The van der Waals surface area contributed by atoms with Gasteiger partial charge in [-0.25, -0.2) is 4.79 Å². The number of cyclic esters (lactones) is 1. The molecule has 206 valence electrons. The van der Waals surface area contributed by atoms with Crippen LogP contribution in [0.4, 0.5) is 4.79 Å². The number of rotatable bonds is 10. The highest BCUT2D eigenvalue weighted by Crippen LogP contribution is 2.39. The molecule has 0 bridgehead atoms. The predicted molar refractivity (Wildman–Crippen MR) is 154 cm³/mol. The van der Waals surface area contributed by atoms with E-state index in [0.29, 0.717) is 13.0 Å². The van der Waals surface area contributed by atoms with Gasteiger partial charge in [-0.1, -0.05) is 117 Å². The van der Waals surface area contributed by atoms with E-state index < -0.39 is 24.2 Å². The van der Waals surface area contributed by atoms with E-state index in [2.05, 4.69) is 5.32 Å². The van der Waals surface area contributed by atoms with Gasteiger partial charge in [0.15, 0.2) is 0 Å². The van der Waals surface area contributed by atoms with Gasteiger partial charge in [0.05, 0.1) is 12.1 Å². The van der Waals surface area contributed by atoms with Crippen molar-refractivity contribution in [2.45, 2.75) is 51.0 Å². The zero-order valence-corrected chi connectivity index (χ0v) is 22.9. The number of nitrogens with zero attached hydrogens (tertiary/aromatic N) is 2. The Morgan fingerprint density at radius 1 is 0.950 bits per heavy atom. The SMILES string of the molecule is CC(C)C[C@@H](C(=O)NCc1ccccc1)N1C(=O)[C@@H](N2C(=O)OC[C@@H]2c2ccccc2)[C@H]1/C=C/c1ccccc1. The summed E-state index contributed by atoms with van der Waals surface area (Å²) >= 11 is 0. The highest BCUT2D eigenvalue weighted by atomic mass is 16.6. The summed E-state index contributed by atoms with van der Waals surface area (Å²) in [7, 11) is 0. The number of hydrogen-bond donors (Lipinski definition) is 1. The van der Waals surface area contributed by atoms with E-state index in [0.717, 1.165) is 16.7 Å². The molecule has 0 spiro atoms. The first-order valence-electron chi connectivity index (χ1n) is 13.8. The fourth-order valence-electron chi connectivity index (χ4n) is 5.50. The molecule has 4 atom stereocenters. The largest absolute Gasteiger partial charge is 0.447 e. The van der Waals surface area contributed by atoms with Crippen molar-refractivity contribution in [3.63, 3.8) is 0 Å². The maximum Gasteiger partial charge on any atom is 0.411 e. The smallest absolute Gasteiger partial charge is 0.411 e. The Kier molecular flexibility index (Phi) is 8.29. The second kappa shape index (κ2) is 12.2. The molecule has 2 aliphatic rings. The molecule has 40 heavy (non-hydrogen) atoms. The van der Waals surface area contributed by atoms with E-state index in [4.69, 9.17) is 4.74 Å². The average Bonchev–Trinajstić information content (AvgIpc) is 3.35. The average molecular weight is 538 g/mol. The zero-order chi connectivity index (χ0) is 28.1. The highest BCUT2D eigenvalue weighted by Gasteiger charge is 2.57. The molecule has 2 heterocycles. The van der Waals surface area contributed by atoms with Gasteiger partial charge in [-0.3, -0.25) is 14.5 Å². The minimum atomic E-state index is -0.767. The summed E-state index contributed by atoms with van der Waals surface area (Å²) in [6.07, 6.45) is 3.87. The first-order chi connectivity index (χ1) is 19.4. The summed E-state index contributed by atoms with van der Waals surface area (Å²) in [6, 6.07) is 26.8. The second-order valence-electron chi connectivity index (χ2n) is 10.7. The molecule has 0 radical (unpaired) electrons. The molecule has 0 saturated carbocycles. The molecule has 1 N–H and O–H groups in total. The Hall–Kier alpha value is -4.39. The third-order valence-corrected chi connectivity index (χ3v) is 7.48. The number of likely N-dealkylation sites (tertiary alicyclic amines) is 1. The number of β-lactam (4-membered cyclic amide) rings is 1. The van der Waals surface area contributed by atoms with Crippen LogP contribution in [0.15, 0.2) is 97.1 Å². The third kappa shape index (κ3) is 5.78. The van der Waals surface area contributed by atoms with Gasteiger partial charge >= 0.3 is 6.09 Å². The summed E-state index contributed by atoms with van der Waals surface area (Å²) in [4.78, 5) is 43.8. The van der Waals surface area contributed by atoms with E-state index in [9.17, 15) is 14.4 Å². The molecule has 2 aliphatic heterocycles. The van der Waals surface area contributed by atoms with E-state index in [1.165, 1.54) is 0 Å². The van der Waals surface area contributed by atoms with Gasteiger partial charge in [-0.05, 0) is 29.0 Å². The van der Waals surface area contributed by atoms with E-state index in [-0.39, 0.29) is 30.4 Å². The van der Waals surface area contributed by atoms with Crippen molar-refractivity contribution >= 4 is 24.0 Å². The van der Waals surface area contributed by atoms with E-state index in [1.54, 1.807) is 9.80 Å². The van der Waals surface area contributed by atoms with Crippen molar-refractivity contribution in [2.24, 2.45) is 5.92 Å². The van der Waals surface area contributed by atoms with Gasteiger partial charge in [-0.2, -0.15) is 0 Å². The quantitative estimate of drug-likeness (QED) is 0.361. The summed E-state index contributed by atoms with van der Waals surface area (Å²) in [5.41, 5.74) is 2.86. The Morgan fingerprint density at radius 3 is 2.23 bits per heavy atom. The summed E-state index contributed by atoms with van der Waals surface area (Å²) in [6.45, 7) is 4.63. The predicted octanol–water partition coefficient (Wildman–Crippen LogP) is 5.20. The standard InChI is InChI=1S/C33H35N3O4/c1-23(2)20-28(31(37)34-21-25-14-8-4-9-15-25)35-27(19-18-24-12-6-3-7-13-24)30(32(35)38)36-29(22-40-33(36)39)26-16-10-5-11-17-26/h3-19,23,27-30H,20-22H2,1-2H3,(H,34,37)/b19-18+/t27-,28+,29-,30+/m1/s1. The molecular weight excluding hydrogens is 502 g/mol. The van der Waals surface area contributed by atoms with Crippen LogP contribution >= 0.6 is 0 Å². The minimum absolute atomic E-state index is 0.173.